The number of aromatic carboxylic acids is 1. The summed E-state index contributed by atoms with van der Waals surface area (Å²) >= 11 is 5.76. The number of hydrogen-bond donors (Lipinski definition) is 2. The van der Waals surface area contributed by atoms with Gasteiger partial charge in [-0.2, -0.15) is 0 Å². The number of rotatable bonds is 3. The van der Waals surface area contributed by atoms with Crippen molar-refractivity contribution in [3.05, 3.63) is 52.9 Å². The Hall–Kier alpha value is -2.27. The van der Waals surface area contributed by atoms with Gasteiger partial charge in [0.25, 0.3) is 5.91 Å². The topological polar surface area (TPSA) is 79.5 Å². The lowest BCUT2D eigenvalue weighted by atomic mass is 10.1. The van der Waals surface area contributed by atoms with Crippen LogP contribution in [0.2, 0.25) is 5.02 Å². The van der Waals surface area contributed by atoms with Crippen molar-refractivity contribution in [2.75, 3.05) is 5.32 Å². The van der Waals surface area contributed by atoms with Crippen LogP contribution in [0.5, 0.6) is 0 Å². The van der Waals surface area contributed by atoms with Crippen LogP contribution in [0.25, 0.3) is 0 Å². The Balaban J connectivity index is 2.31. The lowest BCUT2D eigenvalue weighted by Gasteiger charge is -2.07. The van der Waals surface area contributed by atoms with Crippen LogP contribution < -0.4 is 5.32 Å². The van der Waals surface area contributed by atoms with Crippen molar-refractivity contribution in [2.24, 2.45) is 0 Å². The van der Waals surface area contributed by atoms with Crippen molar-refractivity contribution in [1.29, 1.82) is 0 Å². The molecule has 5 nitrogen and oxygen atoms in total. The van der Waals surface area contributed by atoms with Crippen molar-refractivity contribution in [3.8, 4) is 0 Å². The molecule has 0 radical (unpaired) electrons. The highest BCUT2D eigenvalue weighted by molar-refractivity contribution is 6.31. The van der Waals surface area contributed by atoms with E-state index in [0.717, 1.165) is 0 Å². The number of amides is 1. The summed E-state index contributed by atoms with van der Waals surface area (Å²) in [6.45, 7) is 0. The normalized spacial score (nSPS) is 10.1. The van der Waals surface area contributed by atoms with Crippen LogP contribution in [0.3, 0.4) is 0 Å². The summed E-state index contributed by atoms with van der Waals surface area (Å²) in [6, 6.07) is 7.16. The van der Waals surface area contributed by atoms with Gasteiger partial charge in [-0.05, 0) is 30.3 Å². The number of nitrogens with one attached hydrogen (secondary N) is 1. The molecule has 1 amide bonds. The van der Waals surface area contributed by atoms with Crippen LogP contribution in [0.15, 0.2) is 41.0 Å². The molecular formula is C12H8ClNO4. The summed E-state index contributed by atoms with van der Waals surface area (Å²) in [5.74, 6) is -1.60. The lowest BCUT2D eigenvalue weighted by molar-refractivity contribution is 0.0698. The number of halogens is 1. The second kappa shape index (κ2) is 4.93. The fourth-order valence-electron chi connectivity index (χ4n) is 1.40. The standard InChI is InChI=1S/C12H8ClNO4/c13-7-3-4-8(12(16)17)9(6-7)14-11(15)10-2-1-5-18-10/h1-6H,(H,14,15)(H,16,17). The zero-order valence-electron chi connectivity index (χ0n) is 9.01. The Labute approximate surface area is 107 Å². The molecule has 0 bridgehead atoms. The van der Waals surface area contributed by atoms with Gasteiger partial charge in [0.05, 0.1) is 17.5 Å². The van der Waals surface area contributed by atoms with Crippen molar-refractivity contribution in [2.45, 2.75) is 0 Å². The molecule has 6 heteroatoms. The molecule has 0 saturated heterocycles. The average Bonchev–Trinajstić information content (AvgIpc) is 2.81. The van der Waals surface area contributed by atoms with Gasteiger partial charge in [-0.1, -0.05) is 11.6 Å². The van der Waals surface area contributed by atoms with Gasteiger partial charge >= 0.3 is 5.97 Å². The maximum Gasteiger partial charge on any atom is 0.337 e. The molecule has 0 spiro atoms. The number of carboxylic acid groups (broad SMARTS) is 1. The zero-order chi connectivity index (χ0) is 13.1. The minimum absolute atomic E-state index is 0.0423. The smallest absolute Gasteiger partial charge is 0.337 e. The van der Waals surface area contributed by atoms with Crippen molar-refractivity contribution < 1.29 is 19.1 Å². The molecule has 92 valence electrons. The fraction of sp³-hybridized carbons (Fsp3) is 0. The summed E-state index contributed by atoms with van der Waals surface area (Å²) in [4.78, 5) is 22.7. The van der Waals surface area contributed by atoms with Crippen LogP contribution in [-0.2, 0) is 0 Å². The number of anilines is 1. The molecule has 1 heterocycles. The summed E-state index contributed by atoms with van der Waals surface area (Å²) in [5, 5.41) is 11.7. The molecule has 2 rings (SSSR count). The predicted molar refractivity (Wildman–Crippen MR) is 65.1 cm³/mol. The molecule has 0 aliphatic carbocycles. The van der Waals surface area contributed by atoms with E-state index in [1.54, 1.807) is 6.07 Å². The van der Waals surface area contributed by atoms with Crippen LogP contribution in [0.1, 0.15) is 20.9 Å². The van der Waals surface area contributed by atoms with E-state index in [-0.39, 0.29) is 17.0 Å². The zero-order valence-corrected chi connectivity index (χ0v) is 9.77. The minimum atomic E-state index is -1.15. The van der Waals surface area contributed by atoms with Gasteiger partial charge in [0.15, 0.2) is 5.76 Å². The lowest BCUT2D eigenvalue weighted by Crippen LogP contribution is -2.14. The monoisotopic (exact) mass is 265 g/mol. The van der Waals surface area contributed by atoms with Gasteiger partial charge < -0.3 is 14.8 Å². The molecule has 1 aromatic carbocycles. The third kappa shape index (κ3) is 2.52. The molecule has 0 fully saturated rings. The van der Waals surface area contributed by atoms with Crippen molar-refractivity contribution >= 4 is 29.2 Å². The number of carboxylic acids is 1. The highest BCUT2D eigenvalue weighted by atomic mass is 35.5. The SMILES string of the molecule is O=C(Nc1cc(Cl)ccc1C(=O)O)c1ccco1. The maximum atomic E-state index is 11.7. The average molecular weight is 266 g/mol. The molecular weight excluding hydrogens is 258 g/mol. The van der Waals surface area contributed by atoms with E-state index in [2.05, 4.69) is 5.32 Å². The first-order chi connectivity index (χ1) is 8.58. The van der Waals surface area contributed by atoms with Crippen LogP contribution in [0.4, 0.5) is 5.69 Å². The van der Waals surface area contributed by atoms with E-state index in [0.29, 0.717) is 5.02 Å². The van der Waals surface area contributed by atoms with E-state index in [1.807, 2.05) is 0 Å². The Morgan fingerprint density at radius 2 is 2.06 bits per heavy atom. The summed E-state index contributed by atoms with van der Waals surface area (Å²) in [7, 11) is 0. The first kappa shape index (κ1) is 12.2. The minimum Gasteiger partial charge on any atom is -0.478 e. The first-order valence-electron chi connectivity index (χ1n) is 4.95. The van der Waals surface area contributed by atoms with Gasteiger partial charge in [-0.25, -0.2) is 4.79 Å². The highest BCUT2D eigenvalue weighted by Gasteiger charge is 2.15. The third-order valence-electron chi connectivity index (χ3n) is 2.21. The van der Waals surface area contributed by atoms with Gasteiger partial charge in [0, 0.05) is 5.02 Å². The van der Waals surface area contributed by atoms with E-state index < -0.39 is 11.9 Å². The largest absolute Gasteiger partial charge is 0.478 e. The molecule has 18 heavy (non-hydrogen) atoms. The van der Waals surface area contributed by atoms with E-state index in [1.165, 1.54) is 30.5 Å². The summed E-state index contributed by atoms with van der Waals surface area (Å²) in [5.41, 5.74) is 0.0794. The maximum absolute atomic E-state index is 11.7. The van der Waals surface area contributed by atoms with Crippen LogP contribution in [0, 0.1) is 0 Å². The number of benzene rings is 1. The Bertz CT molecular complexity index is 592. The highest BCUT2D eigenvalue weighted by Crippen LogP contribution is 2.21. The number of furan rings is 1. The van der Waals surface area contributed by atoms with E-state index in [4.69, 9.17) is 21.1 Å². The van der Waals surface area contributed by atoms with E-state index >= 15 is 0 Å². The second-order valence-corrected chi connectivity index (χ2v) is 3.86. The Morgan fingerprint density at radius 1 is 1.28 bits per heavy atom. The van der Waals surface area contributed by atoms with Gasteiger partial charge in [0.2, 0.25) is 0 Å². The van der Waals surface area contributed by atoms with E-state index in [9.17, 15) is 9.59 Å². The van der Waals surface area contributed by atoms with Crippen molar-refractivity contribution in [1.82, 2.24) is 0 Å². The molecule has 2 N–H and O–H groups in total. The van der Waals surface area contributed by atoms with Gasteiger partial charge in [-0.3, -0.25) is 4.79 Å². The predicted octanol–water partition coefficient (Wildman–Crippen LogP) is 2.88. The number of hydrogen-bond acceptors (Lipinski definition) is 3. The van der Waals surface area contributed by atoms with Crippen LogP contribution in [-0.4, -0.2) is 17.0 Å². The molecule has 0 saturated carbocycles. The number of carbonyl (C=O) groups excluding carboxylic acids is 1. The van der Waals surface area contributed by atoms with Crippen molar-refractivity contribution in [3.63, 3.8) is 0 Å². The molecule has 0 atom stereocenters. The molecule has 0 aliphatic heterocycles. The quantitative estimate of drug-likeness (QED) is 0.894. The second-order valence-electron chi connectivity index (χ2n) is 3.43. The molecule has 2 aromatic rings. The molecule has 1 aromatic heterocycles. The Kier molecular flexibility index (Phi) is 3.34. The summed E-state index contributed by atoms with van der Waals surface area (Å²) < 4.78 is 4.91. The number of carbonyl (C=O) groups is 2. The summed E-state index contributed by atoms with van der Waals surface area (Å²) in [6.07, 6.45) is 1.35. The van der Waals surface area contributed by atoms with Gasteiger partial charge in [0.1, 0.15) is 0 Å². The Morgan fingerprint density at radius 3 is 2.67 bits per heavy atom. The fourth-order valence-corrected chi connectivity index (χ4v) is 1.57. The van der Waals surface area contributed by atoms with Gasteiger partial charge in [-0.15, -0.1) is 0 Å². The first-order valence-corrected chi connectivity index (χ1v) is 5.33. The molecule has 0 aliphatic rings. The third-order valence-corrected chi connectivity index (χ3v) is 2.44. The van der Waals surface area contributed by atoms with Crippen LogP contribution >= 0.6 is 11.6 Å². The molecule has 0 unspecified atom stereocenters.